The van der Waals surface area contributed by atoms with Gasteiger partial charge < -0.3 is 4.74 Å². The van der Waals surface area contributed by atoms with E-state index in [-0.39, 0.29) is 0 Å². The van der Waals surface area contributed by atoms with Gasteiger partial charge in [0.05, 0.1) is 16.9 Å². The van der Waals surface area contributed by atoms with Crippen LogP contribution in [-0.4, -0.2) is 14.8 Å². The van der Waals surface area contributed by atoms with Crippen molar-refractivity contribution in [2.75, 3.05) is 0 Å². The quantitative estimate of drug-likeness (QED) is 0.825. The van der Waals surface area contributed by atoms with Crippen molar-refractivity contribution in [1.29, 1.82) is 0 Å². The zero-order valence-electron chi connectivity index (χ0n) is 7.51. The largest absolute Gasteiger partial charge is 0.453 e. The maximum absolute atomic E-state index is 5.56. The fourth-order valence-corrected chi connectivity index (χ4v) is 1.35. The molecule has 0 spiro atoms. The van der Waals surface area contributed by atoms with Crippen LogP contribution in [0.4, 0.5) is 0 Å². The molecule has 0 aromatic carbocycles. The Morgan fingerprint density at radius 1 is 1.43 bits per heavy atom. The standard InChI is InChI=1S/C9H8BrN3O/c1-13-6-7(4-12-13)14-9-2-3-11-5-8(9)10/h2-6H,1H3. The van der Waals surface area contributed by atoms with E-state index in [0.29, 0.717) is 5.75 Å². The average molecular weight is 254 g/mol. The minimum atomic E-state index is 0.708. The Morgan fingerprint density at radius 3 is 2.93 bits per heavy atom. The van der Waals surface area contributed by atoms with E-state index in [1.165, 1.54) is 0 Å². The normalized spacial score (nSPS) is 10.1. The van der Waals surface area contributed by atoms with Crippen LogP contribution in [0.2, 0.25) is 0 Å². The predicted octanol–water partition coefficient (Wildman–Crippen LogP) is 2.37. The van der Waals surface area contributed by atoms with Gasteiger partial charge in [-0.15, -0.1) is 0 Å². The first kappa shape index (κ1) is 9.21. The molecular weight excluding hydrogens is 246 g/mol. The minimum Gasteiger partial charge on any atom is -0.453 e. The Labute approximate surface area is 89.7 Å². The lowest BCUT2D eigenvalue weighted by Crippen LogP contribution is -1.85. The highest BCUT2D eigenvalue weighted by Crippen LogP contribution is 2.27. The second-order valence-corrected chi connectivity index (χ2v) is 3.61. The number of rotatable bonds is 2. The van der Waals surface area contributed by atoms with E-state index in [1.807, 2.05) is 7.05 Å². The summed E-state index contributed by atoms with van der Waals surface area (Å²) in [5, 5.41) is 4.00. The van der Waals surface area contributed by atoms with Crippen LogP contribution in [0.5, 0.6) is 11.5 Å². The lowest BCUT2D eigenvalue weighted by atomic mass is 10.4. The second kappa shape index (κ2) is 3.79. The fourth-order valence-electron chi connectivity index (χ4n) is 1.02. The number of hydrogen-bond acceptors (Lipinski definition) is 3. The van der Waals surface area contributed by atoms with Crippen molar-refractivity contribution in [1.82, 2.24) is 14.8 Å². The monoisotopic (exact) mass is 253 g/mol. The zero-order chi connectivity index (χ0) is 9.97. The highest BCUT2D eigenvalue weighted by atomic mass is 79.9. The smallest absolute Gasteiger partial charge is 0.165 e. The molecule has 0 atom stereocenters. The number of hydrogen-bond donors (Lipinski definition) is 0. The average Bonchev–Trinajstić information content (AvgIpc) is 2.56. The lowest BCUT2D eigenvalue weighted by molar-refractivity contribution is 0.478. The van der Waals surface area contributed by atoms with E-state index in [4.69, 9.17) is 4.74 Å². The zero-order valence-corrected chi connectivity index (χ0v) is 9.10. The Balaban J connectivity index is 2.23. The molecule has 0 radical (unpaired) electrons. The highest BCUT2D eigenvalue weighted by Gasteiger charge is 2.02. The molecule has 5 heteroatoms. The predicted molar refractivity (Wildman–Crippen MR) is 55.2 cm³/mol. The van der Waals surface area contributed by atoms with Gasteiger partial charge in [0.2, 0.25) is 0 Å². The molecule has 0 aliphatic rings. The van der Waals surface area contributed by atoms with Crippen molar-refractivity contribution in [2.45, 2.75) is 0 Å². The van der Waals surface area contributed by atoms with Crippen LogP contribution in [0.15, 0.2) is 35.3 Å². The van der Waals surface area contributed by atoms with Gasteiger partial charge in [0.1, 0.15) is 5.75 Å². The molecule has 0 saturated heterocycles. The Bertz CT molecular complexity index is 441. The van der Waals surface area contributed by atoms with Crippen LogP contribution in [-0.2, 0) is 7.05 Å². The molecule has 2 aromatic heterocycles. The number of halogens is 1. The molecule has 2 heterocycles. The summed E-state index contributed by atoms with van der Waals surface area (Å²) >= 11 is 3.35. The number of nitrogens with zero attached hydrogens (tertiary/aromatic N) is 3. The van der Waals surface area contributed by atoms with Crippen LogP contribution in [0.3, 0.4) is 0 Å². The molecule has 0 N–H and O–H groups in total. The molecule has 4 nitrogen and oxygen atoms in total. The van der Waals surface area contributed by atoms with Gasteiger partial charge in [0.25, 0.3) is 0 Å². The molecule has 0 aliphatic carbocycles. The van der Waals surface area contributed by atoms with Crippen LogP contribution < -0.4 is 4.74 Å². The van der Waals surface area contributed by atoms with Crippen molar-refractivity contribution in [3.63, 3.8) is 0 Å². The molecular formula is C9H8BrN3O. The molecule has 2 rings (SSSR count). The molecule has 0 fully saturated rings. The van der Waals surface area contributed by atoms with Gasteiger partial charge in [-0.25, -0.2) is 0 Å². The lowest BCUT2D eigenvalue weighted by Gasteiger charge is -2.03. The maximum atomic E-state index is 5.56. The summed E-state index contributed by atoms with van der Waals surface area (Å²) < 4.78 is 8.07. The number of ether oxygens (including phenoxy) is 1. The van der Waals surface area contributed by atoms with E-state index in [0.717, 1.165) is 10.2 Å². The van der Waals surface area contributed by atoms with Gasteiger partial charge in [-0.1, -0.05) is 0 Å². The molecule has 0 unspecified atom stereocenters. The van der Waals surface area contributed by atoms with Gasteiger partial charge in [-0.3, -0.25) is 9.67 Å². The number of pyridine rings is 1. The number of aryl methyl sites for hydroxylation is 1. The highest BCUT2D eigenvalue weighted by molar-refractivity contribution is 9.10. The Kier molecular flexibility index (Phi) is 2.49. The Morgan fingerprint density at radius 2 is 2.29 bits per heavy atom. The molecule has 72 valence electrons. The van der Waals surface area contributed by atoms with Gasteiger partial charge in [-0.05, 0) is 15.9 Å². The van der Waals surface area contributed by atoms with Gasteiger partial charge in [0, 0.05) is 25.5 Å². The SMILES string of the molecule is Cn1cc(Oc2ccncc2Br)cn1. The second-order valence-electron chi connectivity index (χ2n) is 2.76. The summed E-state index contributed by atoms with van der Waals surface area (Å²) in [5.74, 6) is 1.44. The molecule has 0 bridgehead atoms. The van der Waals surface area contributed by atoms with E-state index >= 15 is 0 Å². The molecule has 2 aromatic rings. The van der Waals surface area contributed by atoms with Gasteiger partial charge in [0.15, 0.2) is 5.75 Å². The van der Waals surface area contributed by atoms with Crippen LogP contribution in [0.25, 0.3) is 0 Å². The summed E-state index contributed by atoms with van der Waals surface area (Å²) in [6.45, 7) is 0. The maximum Gasteiger partial charge on any atom is 0.165 e. The molecule has 14 heavy (non-hydrogen) atoms. The van der Waals surface area contributed by atoms with Crippen molar-refractivity contribution in [3.8, 4) is 11.5 Å². The first-order chi connectivity index (χ1) is 6.75. The van der Waals surface area contributed by atoms with Crippen molar-refractivity contribution < 1.29 is 4.74 Å². The Hall–Kier alpha value is -1.36. The topological polar surface area (TPSA) is 39.9 Å². The third-order valence-corrected chi connectivity index (χ3v) is 2.24. The fraction of sp³-hybridized carbons (Fsp3) is 0.111. The summed E-state index contributed by atoms with van der Waals surface area (Å²) in [6, 6.07) is 1.79. The van der Waals surface area contributed by atoms with Gasteiger partial charge in [-0.2, -0.15) is 5.10 Å². The first-order valence-corrected chi connectivity index (χ1v) is 4.81. The third kappa shape index (κ3) is 1.93. The molecule has 0 amide bonds. The van der Waals surface area contributed by atoms with Crippen molar-refractivity contribution in [2.24, 2.45) is 7.05 Å². The third-order valence-electron chi connectivity index (χ3n) is 1.64. The van der Waals surface area contributed by atoms with Crippen LogP contribution >= 0.6 is 15.9 Å². The summed E-state index contributed by atoms with van der Waals surface area (Å²) in [4.78, 5) is 3.94. The summed E-state index contributed by atoms with van der Waals surface area (Å²) in [5.41, 5.74) is 0. The van der Waals surface area contributed by atoms with Crippen LogP contribution in [0, 0.1) is 0 Å². The molecule has 0 aliphatic heterocycles. The minimum absolute atomic E-state index is 0.708. The molecule has 0 saturated carbocycles. The van der Waals surface area contributed by atoms with E-state index < -0.39 is 0 Å². The van der Waals surface area contributed by atoms with E-state index in [9.17, 15) is 0 Å². The van der Waals surface area contributed by atoms with Crippen molar-refractivity contribution in [3.05, 3.63) is 35.3 Å². The first-order valence-electron chi connectivity index (χ1n) is 4.02. The summed E-state index contributed by atoms with van der Waals surface area (Å²) in [6.07, 6.45) is 6.82. The van der Waals surface area contributed by atoms with E-state index in [2.05, 4.69) is 26.0 Å². The summed E-state index contributed by atoms with van der Waals surface area (Å²) in [7, 11) is 1.84. The number of aromatic nitrogens is 3. The van der Waals surface area contributed by atoms with Crippen molar-refractivity contribution >= 4 is 15.9 Å². The van der Waals surface area contributed by atoms with E-state index in [1.54, 1.807) is 35.5 Å². The van der Waals surface area contributed by atoms with Gasteiger partial charge >= 0.3 is 0 Å². The van der Waals surface area contributed by atoms with Crippen LogP contribution in [0.1, 0.15) is 0 Å².